The molecule has 46 heavy (non-hydrogen) atoms. The van der Waals surface area contributed by atoms with Crippen LogP contribution in [0.3, 0.4) is 0 Å². The topological polar surface area (TPSA) is 138 Å². The number of piperidine rings is 1. The number of benzene rings is 2. The fraction of sp³-hybridized carbons (Fsp3) is 0.314. The van der Waals surface area contributed by atoms with Crippen LogP contribution in [0.25, 0.3) is 0 Å². The lowest BCUT2D eigenvalue weighted by molar-refractivity contribution is -0.140. The zero-order chi connectivity index (χ0) is 32.4. The number of carbonyl (C=O) groups is 2. The van der Waals surface area contributed by atoms with Crippen LogP contribution in [0.5, 0.6) is 17.2 Å². The highest BCUT2D eigenvalue weighted by molar-refractivity contribution is 5.91. The van der Waals surface area contributed by atoms with Gasteiger partial charge in [-0.15, -0.1) is 0 Å². The molecule has 0 aliphatic carbocycles. The van der Waals surface area contributed by atoms with Crippen molar-refractivity contribution < 1.29 is 33.3 Å². The molecule has 2 aliphatic heterocycles. The summed E-state index contributed by atoms with van der Waals surface area (Å²) in [5, 5.41) is 10.9. The molecule has 1 fully saturated rings. The monoisotopic (exact) mass is 626 g/mol. The van der Waals surface area contributed by atoms with Gasteiger partial charge in [-0.2, -0.15) is 0 Å². The Hall–Kier alpha value is -5.16. The van der Waals surface area contributed by atoms with Crippen molar-refractivity contribution in [3.05, 3.63) is 122 Å². The number of aromatic nitrogens is 1. The number of rotatable bonds is 9. The molecule has 4 heterocycles. The first kappa shape index (κ1) is 30.8. The summed E-state index contributed by atoms with van der Waals surface area (Å²) >= 11 is 0. The van der Waals surface area contributed by atoms with Gasteiger partial charge in [-0.25, -0.2) is 4.79 Å². The van der Waals surface area contributed by atoms with E-state index in [9.17, 15) is 24.3 Å². The van der Waals surface area contributed by atoms with E-state index in [1.807, 2.05) is 10.6 Å². The first-order chi connectivity index (χ1) is 22.2. The van der Waals surface area contributed by atoms with Crippen LogP contribution in [0, 0.1) is 5.92 Å². The van der Waals surface area contributed by atoms with Gasteiger partial charge in [-0.05, 0) is 60.4 Å². The number of hydrogen-bond acceptors (Lipinski definition) is 10. The number of hydrogen-bond donors (Lipinski definition) is 1. The number of aromatic hydroxyl groups is 1. The molecular weight excluding hydrogens is 592 g/mol. The highest BCUT2D eigenvalue weighted by Gasteiger charge is 2.35. The maximum atomic E-state index is 13.0. The molecule has 0 spiro atoms. The Bertz CT molecular complexity index is 1860. The number of ether oxygens (including phenoxy) is 3. The third-order valence-corrected chi connectivity index (χ3v) is 8.67. The Kier molecular flexibility index (Phi) is 8.76. The van der Waals surface area contributed by atoms with E-state index >= 15 is 0 Å². The Morgan fingerprint density at radius 3 is 2.41 bits per heavy atom. The van der Waals surface area contributed by atoms with Crippen LogP contribution in [0.15, 0.2) is 86.8 Å². The number of pyridine rings is 1. The van der Waals surface area contributed by atoms with Crippen LogP contribution in [0.1, 0.15) is 57.8 Å². The fourth-order valence-electron chi connectivity index (χ4n) is 6.49. The summed E-state index contributed by atoms with van der Waals surface area (Å²) in [4.78, 5) is 52.7. The van der Waals surface area contributed by atoms with E-state index in [0.29, 0.717) is 42.3 Å². The molecule has 0 amide bonds. The molecular formula is C35H34N2O9. The molecule has 0 radical (unpaired) electrons. The summed E-state index contributed by atoms with van der Waals surface area (Å²) in [6, 6.07) is 19.6. The lowest BCUT2D eigenvalue weighted by Crippen LogP contribution is -2.46. The molecule has 2 aromatic carbocycles. The molecule has 6 rings (SSSR count). The molecule has 11 heteroatoms. The second-order valence-electron chi connectivity index (χ2n) is 11.7. The van der Waals surface area contributed by atoms with Crippen LogP contribution in [0.4, 0.5) is 0 Å². The van der Waals surface area contributed by atoms with E-state index in [1.54, 1.807) is 60.7 Å². The van der Waals surface area contributed by atoms with Gasteiger partial charge in [0.15, 0.2) is 5.76 Å². The zero-order valence-electron chi connectivity index (χ0n) is 25.5. The van der Waals surface area contributed by atoms with Crippen molar-refractivity contribution in [3.8, 4) is 17.2 Å². The van der Waals surface area contributed by atoms with Crippen molar-refractivity contribution in [1.29, 1.82) is 0 Å². The molecule has 2 aliphatic rings. The summed E-state index contributed by atoms with van der Waals surface area (Å²) < 4.78 is 23.6. The maximum absolute atomic E-state index is 13.0. The minimum atomic E-state index is -0.856. The third kappa shape index (κ3) is 6.45. The quantitative estimate of drug-likeness (QED) is 0.214. The number of likely N-dealkylation sites (tertiary alicyclic amines) is 1. The van der Waals surface area contributed by atoms with Crippen molar-refractivity contribution in [2.24, 2.45) is 5.92 Å². The number of nitrogens with zero attached hydrogens (tertiary/aromatic N) is 2. The summed E-state index contributed by atoms with van der Waals surface area (Å²) in [5.74, 6) is -0.941. The van der Waals surface area contributed by atoms with Crippen molar-refractivity contribution in [2.75, 3.05) is 27.3 Å². The van der Waals surface area contributed by atoms with E-state index in [2.05, 4.69) is 4.90 Å². The number of methoxy groups -OCH3 is 2. The first-order valence-electron chi connectivity index (χ1n) is 15.0. The van der Waals surface area contributed by atoms with E-state index in [-0.39, 0.29) is 35.3 Å². The minimum absolute atomic E-state index is 0.00917. The molecule has 238 valence electrons. The van der Waals surface area contributed by atoms with Crippen molar-refractivity contribution in [3.63, 3.8) is 0 Å². The Morgan fingerprint density at radius 1 is 0.957 bits per heavy atom. The lowest BCUT2D eigenvalue weighted by atomic mass is 9.83. The molecule has 0 saturated carbocycles. The van der Waals surface area contributed by atoms with Crippen molar-refractivity contribution in [2.45, 2.75) is 37.8 Å². The highest BCUT2D eigenvalue weighted by Crippen LogP contribution is 2.37. The van der Waals surface area contributed by atoms with Crippen LogP contribution in [-0.2, 0) is 22.6 Å². The minimum Gasteiger partial charge on any atom is -0.502 e. The van der Waals surface area contributed by atoms with E-state index in [4.69, 9.17) is 18.6 Å². The second kappa shape index (κ2) is 13.1. The molecule has 2 aromatic heterocycles. The third-order valence-electron chi connectivity index (χ3n) is 8.67. The predicted octanol–water partition coefficient (Wildman–Crippen LogP) is 4.05. The first-order valence-corrected chi connectivity index (χ1v) is 15.0. The van der Waals surface area contributed by atoms with Gasteiger partial charge >= 0.3 is 11.9 Å². The lowest BCUT2D eigenvalue weighted by Gasteiger charge is -2.42. The zero-order valence-corrected chi connectivity index (χ0v) is 25.5. The van der Waals surface area contributed by atoms with E-state index in [1.165, 1.54) is 20.3 Å². The predicted molar refractivity (Wildman–Crippen MR) is 166 cm³/mol. The van der Waals surface area contributed by atoms with Gasteiger partial charge in [0, 0.05) is 43.4 Å². The Balaban J connectivity index is 1.23. The summed E-state index contributed by atoms with van der Waals surface area (Å²) in [7, 11) is 2.79. The summed E-state index contributed by atoms with van der Waals surface area (Å²) in [5.41, 5.74) is 1.28. The molecule has 1 saturated heterocycles. The second-order valence-corrected chi connectivity index (χ2v) is 11.7. The highest BCUT2D eigenvalue weighted by atomic mass is 16.5. The molecule has 3 atom stereocenters. The van der Waals surface area contributed by atoms with Gasteiger partial charge in [0.25, 0.3) is 5.56 Å². The van der Waals surface area contributed by atoms with E-state index in [0.717, 1.165) is 18.7 Å². The molecule has 0 unspecified atom stereocenters. The van der Waals surface area contributed by atoms with Crippen molar-refractivity contribution in [1.82, 2.24) is 9.47 Å². The summed E-state index contributed by atoms with van der Waals surface area (Å²) in [6.45, 7) is 2.36. The molecule has 2 bridgehead atoms. The average Bonchev–Trinajstić information content (AvgIpc) is 3.06. The van der Waals surface area contributed by atoms with Crippen LogP contribution in [-0.4, -0.2) is 53.8 Å². The average molecular weight is 627 g/mol. The van der Waals surface area contributed by atoms with Gasteiger partial charge in [0.05, 0.1) is 38.7 Å². The van der Waals surface area contributed by atoms with Crippen LogP contribution < -0.4 is 20.5 Å². The largest absolute Gasteiger partial charge is 0.502 e. The maximum Gasteiger partial charge on any atom is 0.343 e. The standard InChI is InChI=1S/C35H34N2O9/c1-43-25-10-8-23(9-11-25)35(42)46-26-12-6-22(7-13-26)28(16-32(40)44-2)34-33(41)30(38)15-27(45-34)20-36-17-21-14-24(19-36)29-4-3-5-31(39)37(29)18-21/h3-13,15,21,24,28,41H,14,16-20H2,1-2H3/t21-,24+,28-/m1/s1. The van der Waals surface area contributed by atoms with Gasteiger partial charge < -0.3 is 28.3 Å². The van der Waals surface area contributed by atoms with Gasteiger partial charge in [-0.3, -0.25) is 19.3 Å². The molecule has 11 nitrogen and oxygen atoms in total. The number of carbonyl (C=O) groups excluding carboxylic acids is 2. The smallest absolute Gasteiger partial charge is 0.343 e. The number of esters is 2. The Morgan fingerprint density at radius 2 is 1.70 bits per heavy atom. The Labute approximate surface area is 264 Å². The van der Waals surface area contributed by atoms with E-state index < -0.39 is 29.0 Å². The van der Waals surface area contributed by atoms with Gasteiger partial charge in [0.2, 0.25) is 11.2 Å². The molecule has 1 N–H and O–H groups in total. The number of fused-ring (bicyclic) bond motifs is 4. The van der Waals surface area contributed by atoms with Crippen LogP contribution in [0.2, 0.25) is 0 Å². The van der Waals surface area contributed by atoms with Gasteiger partial charge in [0.1, 0.15) is 17.3 Å². The van der Waals surface area contributed by atoms with Crippen molar-refractivity contribution >= 4 is 11.9 Å². The van der Waals surface area contributed by atoms with Gasteiger partial charge in [-0.1, -0.05) is 18.2 Å². The fourth-order valence-corrected chi connectivity index (χ4v) is 6.49. The molecule has 4 aromatic rings. The van der Waals surface area contributed by atoms with Crippen LogP contribution >= 0.6 is 0 Å². The normalized spacial score (nSPS) is 17.9. The SMILES string of the molecule is COC(=O)C[C@H](c1ccc(OC(=O)c2ccc(OC)cc2)cc1)c1oc(CN2C[C@H]3C[C@@H](C2)c2cccc(=O)n2C3)cc(=O)c1O. The summed E-state index contributed by atoms with van der Waals surface area (Å²) in [6.07, 6.45) is 0.776.